The van der Waals surface area contributed by atoms with Gasteiger partial charge in [-0.05, 0) is 71.1 Å². The molecule has 2 aromatic rings. The Morgan fingerprint density at radius 1 is 1.13 bits per heavy atom. The highest BCUT2D eigenvalue weighted by Gasteiger charge is 2.20. The molecule has 5 heteroatoms. The molecule has 0 spiro atoms. The van der Waals surface area contributed by atoms with Crippen LogP contribution < -0.4 is 5.32 Å². The smallest absolute Gasteiger partial charge is 0.148 e. The van der Waals surface area contributed by atoms with Gasteiger partial charge in [0.05, 0.1) is 5.69 Å². The molecule has 23 heavy (non-hydrogen) atoms. The fourth-order valence-electron chi connectivity index (χ4n) is 2.30. The van der Waals surface area contributed by atoms with Crippen LogP contribution in [0.5, 0.6) is 5.75 Å². The number of nitrogens with zero attached hydrogens (tertiary/aromatic N) is 3. The molecule has 2 rings (SSSR count). The summed E-state index contributed by atoms with van der Waals surface area (Å²) in [5.74, 6) is 0.971. The minimum absolute atomic E-state index is 0.0200. The van der Waals surface area contributed by atoms with Crippen LogP contribution in [0, 0.1) is 13.8 Å². The van der Waals surface area contributed by atoms with Gasteiger partial charge >= 0.3 is 0 Å². The number of hydrogen-bond acceptors (Lipinski definition) is 5. The second-order valence-electron chi connectivity index (χ2n) is 6.84. The molecule has 0 aliphatic heterocycles. The minimum Gasteiger partial charge on any atom is -0.507 e. The van der Waals surface area contributed by atoms with Crippen molar-refractivity contribution in [1.29, 1.82) is 0 Å². The van der Waals surface area contributed by atoms with Gasteiger partial charge in [0.15, 0.2) is 0 Å². The van der Waals surface area contributed by atoms with Crippen LogP contribution in [0.3, 0.4) is 0 Å². The summed E-state index contributed by atoms with van der Waals surface area (Å²) in [5, 5.41) is 22.0. The topological polar surface area (TPSA) is 61.3 Å². The Hall–Kier alpha value is -2.14. The van der Waals surface area contributed by atoms with E-state index < -0.39 is 0 Å². The lowest BCUT2D eigenvalue weighted by atomic mass is 10.0. The van der Waals surface area contributed by atoms with Crippen LogP contribution in [0.1, 0.15) is 25.0 Å². The SMILES string of the molecule is Cc1cc(C)c(-c2ccc(NCC(C)(C)N(C)C)nn2)c(O)c1. The molecule has 0 saturated carbocycles. The summed E-state index contributed by atoms with van der Waals surface area (Å²) in [6, 6.07) is 7.56. The van der Waals surface area contributed by atoms with Crippen molar-refractivity contribution >= 4 is 5.82 Å². The molecule has 0 amide bonds. The van der Waals surface area contributed by atoms with E-state index in [9.17, 15) is 5.11 Å². The van der Waals surface area contributed by atoms with Crippen molar-refractivity contribution in [3.05, 3.63) is 35.4 Å². The van der Waals surface area contributed by atoms with Crippen LogP contribution in [0.4, 0.5) is 5.82 Å². The number of likely N-dealkylation sites (N-methyl/N-ethyl adjacent to an activating group) is 1. The van der Waals surface area contributed by atoms with Crippen molar-refractivity contribution in [2.75, 3.05) is 26.0 Å². The molecule has 1 heterocycles. The first-order valence-electron chi connectivity index (χ1n) is 7.76. The number of aromatic hydroxyl groups is 1. The van der Waals surface area contributed by atoms with Crippen LogP contribution in [-0.4, -0.2) is 46.4 Å². The Bertz CT molecular complexity index is 655. The van der Waals surface area contributed by atoms with Crippen molar-refractivity contribution in [2.24, 2.45) is 0 Å². The number of aryl methyl sites for hydroxylation is 2. The van der Waals surface area contributed by atoms with Gasteiger partial charge in [0.2, 0.25) is 0 Å². The van der Waals surface area contributed by atoms with E-state index in [1.165, 1.54) is 0 Å². The molecule has 124 valence electrons. The van der Waals surface area contributed by atoms with Gasteiger partial charge in [0.25, 0.3) is 0 Å². The summed E-state index contributed by atoms with van der Waals surface area (Å²) >= 11 is 0. The number of hydrogen-bond donors (Lipinski definition) is 2. The molecule has 0 unspecified atom stereocenters. The number of anilines is 1. The average molecular weight is 314 g/mol. The quantitative estimate of drug-likeness (QED) is 0.887. The molecule has 0 aliphatic carbocycles. The molecule has 2 N–H and O–H groups in total. The van der Waals surface area contributed by atoms with E-state index >= 15 is 0 Å². The molecule has 1 aromatic heterocycles. The zero-order valence-electron chi connectivity index (χ0n) is 14.8. The van der Waals surface area contributed by atoms with Gasteiger partial charge in [-0.2, -0.15) is 0 Å². The van der Waals surface area contributed by atoms with Gasteiger partial charge in [-0.1, -0.05) is 6.07 Å². The normalized spacial score (nSPS) is 11.8. The summed E-state index contributed by atoms with van der Waals surface area (Å²) in [5.41, 5.74) is 3.46. The molecule has 5 nitrogen and oxygen atoms in total. The number of rotatable bonds is 5. The van der Waals surface area contributed by atoms with Gasteiger partial charge < -0.3 is 15.3 Å². The van der Waals surface area contributed by atoms with Crippen molar-refractivity contribution < 1.29 is 5.11 Å². The van der Waals surface area contributed by atoms with Gasteiger partial charge in [-0.25, -0.2) is 0 Å². The second-order valence-corrected chi connectivity index (χ2v) is 6.84. The van der Waals surface area contributed by atoms with E-state index in [1.54, 1.807) is 6.07 Å². The van der Waals surface area contributed by atoms with Gasteiger partial charge in [-0.15, -0.1) is 10.2 Å². The molecule has 0 bridgehead atoms. The standard InChI is InChI=1S/C18H26N4O/c1-12-9-13(2)17(15(23)10-12)14-7-8-16(21-20-14)19-11-18(3,4)22(5)6/h7-10,23H,11H2,1-6H3,(H,19,21). The predicted molar refractivity (Wildman–Crippen MR) is 94.9 cm³/mol. The average Bonchev–Trinajstić information content (AvgIpc) is 2.45. The van der Waals surface area contributed by atoms with Gasteiger partial charge in [-0.3, -0.25) is 0 Å². The van der Waals surface area contributed by atoms with Crippen LogP contribution in [0.15, 0.2) is 24.3 Å². The summed E-state index contributed by atoms with van der Waals surface area (Å²) in [6.45, 7) is 9.02. The number of phenols is 1. The fourth-order valence-corrected chi connectivity index (χ4v) is 2.30. The number of phenolic OH excluding ortho intramolecular Hbond substituents is 1. The molecule has 0 radical (unpaired) electrons. The maximum Gasteiger partial charge on any atom is 0.148 e. The first-order chi connectivity index (χ1) is 10.7. The highest BCUT2D eigenvalue weighted by atomic mass is 16.3. The predicted octanol–water partition coefficient (Wildman–Crippen LogP) is 3.22. The summed E-state index contributed by atoms with van der Waals surface area (Å²) in [6.07, 6.45) is 0. The number of benzene rings is 1. The lowest BCUT2D eigenvalue weighted by molar-refractivity contribution is 0.210. The summed E-state index contributed by atoms with van der Waals surface area (Å²) in [7, 11) is 4.11. The first-order valence-corrected chi connectivity index (χ1v) is 7.76. The Morgan fingerprint density at radius 2 is 1.83 bits per heavy atom. The molecular formula is C18H26N4O. The third-order valence-electron chi connectivity index (χ3n) is 4.29. The van der Waals surface area contributed by atoms with Crippen LogP contribution in [0.2, 0.25) is 0 Å². The molecule has 1 aromatic carbocycles. The van der Waals surface area contributed by atoms with E-state index in [-0.39, 0.29) is 11.3 Å². The highest BCUT2D eigenvalue weighted by Crippen LogP contribution is 2.32. The first kappa shape index (κ1) is 17.2. The van der Waals surface area contributed by atoms with Crippen LogP contribution in [0.25, 0.3) is 11.3 Å². The Kier molecular flexibility index (Phi) is 4.90. The van der Waals surface area contributed by atoms with Gasteiger partial charge in [0, 0.05) is 17.6 Å². The zero-order chi connectivity index (χ0) is 17.2. The van der Waals surface area contributed by atoms with E-state index in [1.807, 2.05) is 32.0 Å². The Balaban J connectivity index is 2.18. The monoisotopic (exact) mass is 314 g/mol. The number of nitrogens with one attached hydrogen (secondary N) is 1. The summed E-state index contributed by atoms with van der Waals surface area (Å²) in [4.78, 5) is 2.16. The largest absolute Gasteiger partial charge is 0.507 e. The third-order valence-corrected chi connectivity index (χ3v) is 4.29. The van der Waals surface area contributed by atoms with E-state index in [2.05, 4.69) is 48.4 Å². The van der Waals surface area contributed by atoms with E-state index in [4.69, 9.17) is 0 Å². The van der Waals surface area contributed by atoms with Crippen LogP contribution in [-0.2, 0) is 0 Å². The molecule has 0 saturated heterocycles. The molecule has 0 aliphatic rings. The lowest BCUT2D eigenvalue weighted by Gasteiger charge is -2.32. The fraction of sp³-hybridized carbons (Fsp3) is 0.444. The molecule has 0 atom stereocenters. The Morgan fingerprint density at radius 3 is 2.35 bits per heavy atom. The van der Waals surface area contributed by atoms with Crippen molar-refractivity contribution in [3.8, 4) is 17.0 Å². The lowest BCUT2D eigenvalue weighted by Crippen LogP contribution is -2.44. The second kappa shape index (κ2) is 6.54. The van der Waals surface area contributed by atoms with E-state index in [0.717, 1.165) is 29.1 Å². The highest BCUT2D eigenvalue weighted by molar-refractivity contribution is 5.71. The molecular weight excluding hydrogens is 288 g/mol. The maximum absolute atomic E-state index is 10.2. The Labute approximate surface area is 138 Å². The number of aromatic nitrogens is 2. The van der Waals surface area contributed by atoms with E-state index in [0.29, 0.717) is 5.69 Å². The molecule has 0 fully saturated rings. The van der Waals surface area contributed by atoms with Crippen molar-refractivity contribution in [3.63, 3.8) is 0 Å². The summed E-state index contributed by atoms with van der Waals surface area (Å²) < 4.78 is 0. The van der Waals surface area contributed by atoms with Crippen molar-refractivity contribution in [2.45, 2.75) is 33.2 Å². The third kappa shape index (κ3) is 3.99. The maximum atomic E-state index is 10.2. The van der Waals surface area contributed by atoms with Gasteiger partial charge in [0.1, 0.15) is 11.6 Å². The zero-order valence-corrected chi connectivity index (χ0v) is 14.8. The van der Waals surface area contributed by atoms with Crippen molar-refractivity contribution in [1.82, 2.24) is 15.1 Å². The van der Waals surface area contributed by atoms with Crippen LogP contribution >= 0.6 is 0 Å². The minimum atomic E-state index is 0.0200.